The topological polar surface area (TPSA) is 104 Å². The molecule has 0 aromatic heterocycles. The number of carbonyl (C=O) groups is 1. The summed E-state index contributed by atoms with van der Waals surface area (Å²) in [5.41, 5.74) is 0. The Morgan fingerprint density at radius 2 is 2.04 bits per heavy atom. The highest BCUT2D eigenvalue weighted by atomic mass is 32.2. The van der Waals surface area contributed by atoms with Gasteiger partial charge in [-0.3, -0.25) is 5.32 Å². The Kier molecular flexibility index (Phi) is 7.54. The molecule has 134 valence electrons. The van der Waals surface area contributed by atoms with Crippen LogP contribution in [0.1, 0.15) is 6.92 Å². The largest absolute Gasteiger partial charge is 0.354 e. The molecule has 0 atom stereocenters. The summed E-state index contributed by atoms with van der Waals surface area (Å²) in [4.78, 5) is 13.4. The van der Waals surface area contributed by atoms with Crippen LogP contribution in [0, 0.1) is 0 Å². The van der Waals surface area contributed by atoms with Crippen molar-refractivity contribution in [3.8, 4) is 0 Å². The Morgan fingerprint density at radius 1 is 1.43 bits per heavy atom. The van der Waals surface area contributed by atoms with E-state index in [4.69, 9.17) is 9.47 Å². The number of rotatable bonds is 7. The Balaban J connectivity index is 2.65. The summed E-state index contributed by atoms with van der Waals surface area (Å²) in [6.07, 6.45) is -0.543. The first-order valence-electron chi connectivity index (χ1n) is 6.79. The van der Waals surface area contributed by atoms with Gasteiger partial charge in [0.2, 0.25) is 0 Å². The van der Waals surface area contributed by atoms with Crippen LogP contribution in [-0.2, 0) is 19.7 Å². The number of nitrogens with one attached hydrogen (secondary N) is 1. The predicted octanol–water partition coefficient (Wildman–Crippen LogP) is -0.279. The number of methoxy groups -OCH3 is 2. The Morgan fingerprint density at radius 3 is 2.57 bits per heavy atom. The van der Waals surface area contributed by atoms with Gasteiger partial charge in [0.05, 0.1) is 6.54 Å². The first kappa shape index (κ1) is 20.0. The van der Waals surface area contributed by atoms with E-state index in [-0.39, 0.29) is 17.6 Å². The number of nitrogens with zero attached hydrogens (tertiary/aromatic N) is 4. The molecule has 0 saturated heterocycles. The van der Waals surface area contributed by atoms with E-state index in [0.29, 0.717) is 6.54 Å². The average molecular weight is 369 g/mol. The minimum absolute atomic E-state index is 0.116. The van der Waals surface area contributed by atoms with E-state index in [2.05, 4.69) is 10.4 Å². The summed E-state index contributed by atoms with van der Waals surface area (Å²) < 4.78 is 36.4. The molecule has 12 heteroatoms. The van der Waals surface area contributed by atoms with Crippen LogP contribution in [0.3, 0.4) is 0 Å². The molecule has 1 aliphatic rings. The molecular formula is C11H23N5O5S2. The Labute approximate surface area is 140 Å². The van der Waals surface area contributed by atoms with Gasteiger partial charge in [-0.2, -0.15) is 17.1 Å². The van der Waals surface area contributed by atoms with Crippen molar-refractivity contribution in [1.29, 1.82) is 0 Å². The van der Waals surface area contributed by atoms with Crippen molar-refractivity contribution >= 4 is 33.2 Å². The van der Waals surface area contributed by atoms with Crippen molar-refractivity contribution in [1.82, 2.24) is 18.9 Å². The minimum atomic E-state index is -3.65. The lowest BCUT2D eigenvalue weighted by Gasteiger charge is -2.22. The number of hydrogen-bond donors (Lipinski definition) is 1. The standard InChI is InChI=1S/C11H23N5O5S2/c1-6-15(3)23(18,19)16-8-22-10(13-16)12-11(17)14(2)7-9(20-4)21-5/h9H,6-8H2,1-5H3,(H,12,13,17). The van der Waals surface area contributed by atoms with Gasteiger partial charge < -0.3 is 14.4 Å². The van der Waals surface area contributed by atoms with E-state index in [1.165, 1.54) is 30.5 Å². The second-order valence-corrected chi connectivity index (χ2v) is 7.51. The number of thioether (sulfide) groups is 1. The molecule has 1 rings (SSSR count). The Hall–Kier alpha value is -1.08. The third kappa shape index (κ3) is 5.21. The number of hydrogen-bond acceptors (Lipinski definition) is 7. The van der Waals surface area contributed by atoms with Gasteiger partial charge >= 0.3 is 16.2 Å². The van der Waals surface area contributed by atoms with Gasteiger partial charge in [-0.1, -0.05) is 18.7 Å². The van der Waals surface area contributed by atoms with Gasteiger partial charge in [0, 0.05) is 34.9 Å². The zero-order chi connectivity index (χ0) is 17.6. The summed E-state index contributed by atoms with van der Waals surface area (Å²) in [5.74, 6) is 0.116. The van der Waals surface area contributed by atoms with Gasteiger partial charge in [0.25, 0.3) is 0 Å². The number of amidine groups is 1. The summed E-state index contributed by atoms with van der Waals surface area (Å²) in [6, 6.07) is -0.432. The van der Waals surface area contributed by atoms with Crippen LogP contribution in [0.5, 0.6) is 0 Å². The van der Waals surface area contributed by atoms with Crippen LogP contribution >= 0.6 is 11.8 Å². The molecular weight excluding hydrogens is 346 g/mol. The highest BCUT2D eigenvalue weighted by molar-refractivity contribution is 8.14. The summed E-state index contributed by atoms with van der Waals surface area (Å²) >= 11 is 1.13. The lowest BCUT2D eigenvalue weighted by molar-refractivity contribution is -0.109. The second-order valence-electron chi connectivity index (χ2n) is 4.63. The van der Waals surface area contributed by atoms with Crippen LogP contribution in [-0.4, -0.2) is 86.8 Å². The van der Waals surface area contributed by atoms with Crippen molar-refractivity contribution in [3.63, 3.8) is 0 Å². The highest BCUT2D eigenvalue weighted by Crippen LogP contribution is 2.20. The molecule has 23 heavy (non-hydrogen) atoms. The van der Waals surface area contributed by atoms with E-state index < -0.39 is 22.5 Å². The molecule has 1 heterocycles. The van der Waals surface area contributed by atoms with Crippen molar-refractivity contribution in [3.05, 3.63) is 0 Å². The van der Waals surface area contributed by atoms with Crippen LogP contribution in [0.25, 0.3) is 0 Å². The summed E-state index contributed by atoms with van der Waals surface area (Å²) in [5, 5.41) is 6.71. The van der Waals surface area contributed by atoms with Gasteiger partial charge in [0.1, 0.15) is 5.88 Å². The van der Waals surface area contributed by atoms with Crippen molar-refractivity contribution in [2.45, 2.75) is 13.2 Å². The maximum absolute atomic E-state index is 12.1. The molecule has 1 N–H and O–H groups in total. The molecule has 0 bridgehead atoms. The fraction of sp³-hybridized carbons (Fsp3) is 0.818. The lowest BCUT2D eigenvalue weighted by Crippen LogP contribution is -2.43. The van der Waals surface area contributed by atoms with E-state index >= 15 is 0 Å². The zero-order valence-corrected chi connectivity index (χ0v) is 15.5. The molecule has 0 aliphatic carbocycles. The molecule has 0 radical (unpaired) electrons. The molecule has 10 nitrogen and oxygen atoms in total. The average Bonchev–Trinajstić information content (AvgIpc) is 3.00. The highest BCUT2D eigenvalue weighted by Gasteiger charge is 2.30. The third-order valence-electron chi connectivity index (χ3n) is 3.13. The number of amides is 2. The Bertz CT molecular complexity index is 537. The second kappa shape index (κ2) is 8.68. The van der Waals surface area contributed by atoms with Gasteiger partial charge in [0.15, 0.2) is 11.5 Å². The predicted molar refractivity (Wildman–Crippen MR) is 87.9 cm³/mol. The fourth-order valence-corrected chi connectivity index (χ4v) is 3.70. The normalized spacial score (nSPS) is 15.3. The SMILES string of the molecule is CCN(C)S(=O)(=O)N1CSC(NC(=O)N(C)CC(OC)OC)=N1. The van der Waals surface area contributed by atoms with E-state index in [9.17, 15) is 13.2 Å². The molecule has 0 fully saturated rings. The summed E-state index contributed by atoms with van der Waals surface area (Å²) in [6.45, 7) is 2.28. The lowest BCUT2D eigenvalue weighted by atomic mass is 10.5. The first-order chi connectivity index (χ1) is 10.8. The van der Waals surface area contributed by atoms with Crippen LogP contribution < -0.4 is 5.32 Å². The quantitative estimate of drug-likeness (QED) is 0.619. The van der Waals surface area contributed by atoms with Gasteiger partial charge in [-0.15, -0.1) is 5.10 Å². The first-order valence-corrected chi connectivity index (χ1v) is 9.17. The summed E-state index contributed by atoms with van der Waals surface area (Å²) in [7, 11) is 2.34. The molecule has 0 aromatic carbocycles. The van der Waals surface area contributed by atoms with E-state index in [1.807, 2.05) is 0 Å². The van der Waals surface area contributed by atoms with Crippen molar-refractivity contribution in [2.24, 2.45) is 5.10 Å². The zero-order valence-electron chi connectivity index (χ0n) is 13.8. The number of urea groups is 1. The molecule has 0 aromatic rings. The maximum Gasteiger partial charge on any atom is 0.323 e. The van der Waals surface area contributed by atoms with Crippen LogP contribution in [0.15, 0.2) is 5.10 Å². The van der Waals surface area contributed by atoms with E-state index in [0.717, 1.165) is 16.2 Å². The number of hydrazone groups is 1. The van der Waals surface area contributed by atoms with Crippen LogP contribution in [0.4, 0.5) is 4.79 Å². The fourth-order valence-electron chi connectivity index (χ4n) is 1.52. The van der Waals surface area contributed by atoms with Gasteiger partial charge in [-0.05, 0) is 0 Å². The number of ether oxygens (including phenoxy) is 2. The van der Waals surface area contributed by atoms with Gasteiger partial charge in [-0.25, -0.2) is 4.79 Å². The molecule has 1 aliphatic heterocycles. The number of likely N-dealkylation sites (N-methyl/N-ethyl adjacent to an activating group) is 1. The van der Waals surface area contributed by atoms with Crippen LogP contribution in [0.2, 0.25) is 0 Å². The smallest absolute Gasteiger partial charge is 0.323 e. The van der Waals surface area contributed by atoms with Crippen molar-refractivity contribution in [2.75, 3.05) is 47.3 Å². The number of carbonyl (C=O) groups excluding carboxylic acids is 1. The molecule has 0 unspecified atom stereocenters. The van der Waals surface area contributed by atoms with E-state index in [1.54, 1.807) is 14.0 Å². The molecule has 0 spiro atoms. The van der Waals surface area contributed by atoms with Crippen molar-refractivity contribution < 1.29 is 22.7 Å². The maximum atomic E-state index is 12.1. The monoisotopic (exact) mass is 369 g/mol. The third-order valence-corrected chi connectivity index (χ3v) is 5.91. The minimum Gasteiger partial charge on any atom is -0.354 e. The molecule has 2 amide bonds. The molecule has 0 saturated carbocycles.